The molecule has 0 aliphatic carbocycles. The molecule has 6 rings (SSSR count). The van der Waals surface area contributed by atoms with E-state index in [2.05, 4.69) is 109 Å². The number of halogens is 2. The summed E-state index contributed by atoms with van der Waals surface area (Å²) in [4.78, 5) is 0. The Kier molecular flexibility index (Phi) is 22.4. The third kappa shape index (κ3) is 15.6. The van der Waals surface area contributed by atoms with Gasteiger partial charge in [-0.1, -0.05) is 151 Å². The van der Waals surface area contributed by atoms with Crippen molar-refractivity contribution in [1.29, 1.82) is 0 Å². The summed E-state index contributed by atoms with van der Waals surface area (Å²) in [6.07, 6.45) is -1.87. The molecule has 60 heavy (non-hydrogen) atoms. The first-order valence-electron chi connectivity index (χ1n) is 19.9. The van der Waals surface area contributed by atoms with E-state index in [0.717, 1.165) is 11.1 Å². The van der Waals surface area contributed by atoms with E-state index in [1.54, 1.807) is 0 Å². The third-order valence-corrected chi connectivity index (χ3v) is 16.0. The fraction of sp³-hybridized carbons (Fsp3) is 0.280. The largest absolute Gasteiger partial charge is 0 e. The fourth-order valence-electron chi connectivity index (χ4n) is 6.79. The maximum atomic E-state index is 11.0. The molecule has 4 N–H and O–H groups in total. The Labute approximate surface area is 388 Å². The summed E-state index contributed by atoms with van der Waals surface area (Å²) in [7, 11) is 7.22. The number of aliphatic hydroxyl groups is 4. The van der Waals surface area contributed by atoms with Crippen LogP contribution in [0.1, 0.15) is 77.7 Å². The Morgan fingerprint density at radius 1 is 0.417 bits per heavy atom. The molecule has 0 spiro atoms. The summed E-state index contributed by atoms with van der Waals surface area (Å²) < 4.78 is 0. The van der Waals surface area contributed by atoms with E-state index < -0.39 is 56.7 Å². The van der Waals surface area contributed by atoms with Crippen LogP contribution in [0.5, 0.6) is 0 Å². The Morgan fingerprint density at radius 2 is 0.633 bits per heavy atom. The van der Waals surface area contributed by atoms with Crippen LogP contribution in [0.15, 0.2) is 170 Å². The van der Waals surface area contributed by atoms with Gasteiger partial charge in [-0.2, -0.15) is 0 Å². The minimum atomic E-state index is -1.26. The Morgan fingerprint density at radius 3 is 0.867 bits per heavy atom. The molecule has 6 aromatic carbocycles. The predicted molar refractivity (Wildman–Crippen MR) is 255 cm³/mol. The number of benzene rings is 6. The topological polar surface area (TPSA) is 80.9 Å². The van der Waals surface area contributed by atoms with Gasteiger partial charge in [-0.3, -0.25) is 0 Å². The molecule has 0 aromatic heterocycles. The third-order valence-electron chi connectivity index (χ3n) is 10.3. The molecule has 4 atom stereocenters. The van der Waals surface area contributed by atoms with Crippen molar-refractivity contribution in [3.63, 3.8) is 0 Å². The van der Waals surface area contributed by atoms with Crippen molar-refractivity contribution in [3.05, 3.63) is 181 Å². The molecule has 10 heteroatoms. The van der Waals surface area contributed by atoms with Gasteiger partial charge < -0.3 is 20.4 Å². The second-order valence-electron chi connectivity index (χ2n) is 16.7. The van der Waals surface area contributed by atoms with Gasteiger partial charge in [-0.05, 0) is 71.5 Å². The van der Waals surface area contributed by atoms with Gasteiger partial charge in [0.1, 0.15) is 31.8 Å². The molecular formula is C50H60Cl2CuO4P2Pt+2. The zero-order chi connectivity index (χ0) is 43.0. The first-order chi connectivity index (χ1) is 28.2. The molecular weight excluding hydrogens is 1060 g/mol. The van der Waals surface area contributed by atoms with E-state index >= 15 is 0 Å². The van der Waals surface area contributed by atoms with Gasteiger partial charge in [0.2, 0.25) is 0 Å². The second kappa shape index (κ2) is 25.8. The molecule has 0 amide bonds. The number of aliphatic hydroxyl groups excluding tert-OH is 4. The maximum absolute atomic E-state index is 11.0. The van der Waals surface area contributed by atoms with Crippen molar-refractivity contribution < 1.29 is 54.0 Å². The minimum Gasteiger partial charge on any atom is 0 e. The van der Waals surface area contributed by atoms with E-state index in [1.807, 2.05) is 102 Å². The van der Waals surface area contributed by atoms with Gasteiger partial charge >= 0.3 is 35.3 Å². The molecule has 1 radical (unpaired) electrons. The van der Waals surface area contributed by atoms with Gasteiger partial charge in [0.15, 0.2) is 0 Å². The van der Waals surface area contributed by atoms with Crippen LogP contribution in [0.25, 0.3) is 0 Å². The van der Waals surface area contributed by atoms with Gasteiger partial charge in [0.25, 0.3) is 0 Å². The summed E-state index contributed by atoms with van der Waals surface area (Å²) in [5, 5.41) is 50.6. The van der Waals surface area contributed by atoms with Crippen molar-refractivity contribution in [2.45, 2.75) is 78.8 Å². The normalized spacial score (nSPS) is 13.5. The molecule has 4 nitrogen and oxygen atoms in total. The van der Waals surface area contributed by atoms with E-state index in [4.69, 9.17) is 18.8 Å². The zero-order valence-corrected chi connectivity index (χ0v) is 41.8. The van der Waals surface area contributed by atoms with Crippen molar-refractivity contribution >= 4 is 66.5 Å². The number of rotatable bonds is 12. The van der Waals surface area contributed by atoms with E-state index in [0.29, 0.717) is 12.8 Å². The van der Waals surface area contributed by atoms with E-state index in [9.17, 15) is 20.4 Å². The van der Waals surface area contributed by atoms with E-state index in [1.165, 1.54) is 31.8 Å². The van der Waals surface area contributed by atoms with Crippen LogP contribution in [0.4, 0.5) is 0 Å². The van der Waals surface area contributed by atoms with Crippen LogP contribution >= 0.6 is 34.7 Å². The maximum Gasteiger partial charge on any atom is 0 e. The Hall–Kier alpha value is -2.19. The van der Waals surface area contributed by atoms with Gasteiger partial charge in [-0.15, -0.1) is 0 Å². The molecule has 0 bridgehead atoms. The van der Waals surface area contributed by atoms with Crippen LogP contribution in [0.2, 0.25) is 0 Å². The van der Waals surface area contributed by atoms with Crippen molar-refractivity contribution in [3.8, 4) is 0 Å². The van der Waals surface area contributed by atoms with Crippen molar-refractivity contribution in [1.82, 2.24) is 0 Å². The van der Waals surface area contributed by atoms with Gasteiger partial charge in [0.05, 0.1) is 40.3 Å². The summed E-state index contributed by atoms with van der Waals surface area (Å²) in [6, 6.07) is 58.5. The molecule has 0 heterocycles. The summed E-state index contributed by atoms with van der Waals surface area (Å²) in [5.74, 6) is 0. The van der Waals surface area contributed by atoms with Crippen LogP contribution in [-0.4, -0.2) is 32.6 Å². The monoisotopic (exact) mass is 1110 g/mol. The quantitative estimate of drug-likeness (QED) is 0.0728. The first-order valence-corrected chi connectivity index (χ1v) is 28.5. The average molecular weight is 1120 g/mol. The predicted octanol–water partition coefficient (Wildman–Crippen LogP) is 9.39. The van der Waals surface area contributed by atoms with Crippen molar-refractivity contribution in [2.24, 2.45) is 10.8 Å². The Balaban J connectivity index is 0.000000296. The summed E-state index contributed by atoms with van der Waals surface area (Å²) in [6.45, 7) is 12.0. The Bertz CT molecular complexity index is 1860. The van der Waals surface area contributed by atoms with Crippen LogP contribution < -0.4 is 31.8 Å². The zero-order valence-electron chi connectivity index (χ0n) is 35.1. The van der Waals surface area contributed by atoms with Gasteiger partial charge in [-0.25, -0.2) is 0 Å². The second-order valence-corrected chi connectivity index (χ2v) is 24.9. The smallest absolute Gasteiger partial charge is 0 e. The van der Waals surface area contributed by atoms with Crippen LogP contribution in [-0.2, 0) is 33.5 Å². The van der Waals surface area contributed by atoms with Gasteiger partial charge in [0, 0.05) is 41.0 Å². The molecule has 4 unspecified atom stereocenters. The molecule has 0 saturated carbocycles. The minimum absolute atomic E-state index is 0. The van der Waals surface area contributed by atoms with Crippen LogP contribution in [0, 0.1) is 10.8 Å². The summed E-state index contributed by atoms with van der Waals surface area (Å²) in [5.41, 5.74) is 1.32. The SMILES string of the molecule is CC(C)(C)C(O)CC(O)c1ccccc1[PH+](c1ccccc1)c1ccccc1.CC(C)(C)C(O)CC(O)c1ccccc1[PH+](c1ccccc1)c1ccccc1.[Cl][Pt][Cl].[Cu]. The van der Waals surface area contributed by atoms with E-state index in [-0.39, 0.29) is 27.9 Å². The molecule has 0 fully saturated rings. The molecule has 0 aliphatic rings. The van der Waals surface area contributed by atoms with Crippen molar-refractivity contribution in [2.75, 3.05) is 0 Å². The first kappa shape index (κ1) is 52.2. The number of hydrogen-bond acceptors (Lipinski definition) is 4. The number of hydrogen-bond donors (Lipinski definition) is 4. The fourth-order valence-corrected chi connectivity index (χ4v) is 12.4. The standard InChI is InChI=1S/2C25H29O2P.2ClH.Cu.Pt/c2*1-25(2,3)24(27)18-22(26)21-16-10-11-17-23(21)28(19-12-6-4-7-13-19)20-14-8-5-9-15-20;;;;/h2*4-17,22,24,26-27H,18H2,1-3H3;2*1H;;/q;;;;;+2. The molecule has 327 valence electrons. The summed E-state index contributed by atoms with van der Waals surface area (Å²) >= 11 is -0.472. The molecule has 0 aliphatic heterocycles. The molecule has 6 aromatic rings. The van der Waals surface area contributed by atoms with Crippen LogP contribution in [0.3, 0.4) is 0 Å². The average Bonchev–Trinajstić information content (AvgIpc) is 3.23. The molecule has 0 saturated heterocycles.